The number of hydrogen-bond acceptors (Lipinski definition) is 5. The highest BCUT2D eigenvalue weighted by molar-refractivity contribution is 5.87. The number of benzene rings is 2. The van der Waals surface area contributed by atoms with Crippen molar-refractivity contribution in [3.8, 4) is 5.88 Å². The van der Waals surface area contributed by atoms with Gasteiger partial charge in [-0.2, -0.15) is 4.98 Å². The van der Waals surface area contributed by atoms with Gasteiger partial charge in [-0.05, 0) is 18.1 Å². The number of rotatable bonds is 5. The normalized spacial score (nSPS) is 14.1. The molecule has 3 aromatic rings. The SMILES string of the molecule is COc1cc(N2CCN(C(=O)C(c3ccccc3)c3ccccc3)CC2)nc(C)n1. The lowest BCUT2D eigenvalue weighted by atomic mass is 9.90. The molecule has 1 amide bonds. The van der Waals surface area contributed by atoms with Crippen LogP contribution in [0.15, 0.2) is 66.7 Å². The molecular weight excluding hydrogens is 376 g/mol. The van der Waals surface area contributed by atoms with Crippen molar-refractivity contribution in [2.75, 3.05) is 38.2 Å². The molecule has 0 aliphatic carbocycles. The van der Waals surface area contributed by atoms with Gasteiger partial charge in [-0.15, -0.1) is 0 Å². The molecule has 0 unspecified atom stereocenters. The Balaban J connectivity index is 1.52. The summed E-state index contributed by atoms with van der Waals surface area (Å²) in [6, 6.07) is 21.9. The van der Waals surface area contributed by atoms with Gasteiger partial charge in [-0.25, -0.2) is 4.98 Å². The first-order chi connectivity index (χ1) is 14.7. The van der Waals surface area contributed by atoms with Crippen molar-refractivity contribution in [3.63, 3.8) is 0 Å². The van der Waals surface area contributed by atoms with Crippen LogP contribution in [0.25, 0.3) is 0 Å². The fourth-order valence-corrected chi connectivity index (χ4v) is 3.90. The minimum absolute atomic E-state index is 0.142. The Morgan fingerprint density at radius 2 is 1.47 bits per heavy atom. The third-order valence-electron chi connectivity index (χ3n) is 5.44. The number of piperazine rings is 1. The van der Waals surface area contributed by atoms with Gasteiger partial charge in [0.15, 0.2) is 0 Å². The number of aromatic nitrogens is 2. The molecule has 6 nitrogen and oxygen atoms in total. The van der Waals surface area contributed by atoms with Gasteiger partial charge in [0.1, 0.15) is 11.6 Å². The molecule has 0 saturated carbocycles. The van der Waals surface area contributed by atoms with Crippen LogP contribution < -0.4 is 9.64 Å². The van der Waals surface area contributed by atoms with E-state index in [2.05, 4.69) is 14.9 Å². The zero-order valence-corrected chi connectivity index (χ0v) is 17.4. The van der Waals surface area contributed by atoms with Gasteiger partial charge in [-0.3, -0.25) is 4.79 Å². The van der Waals surface area contributed by atoms with Crippen LogP contribution in [0.1, 0.15) is 22.9 Å². The van der Waals surface area contributed by atoms with E-state index >= 15 is 0 Å². The molecule has 154 valence electrons. The zero-order valence-electron chi connectivity index (χ0n) is 17.4. The van der Waals surface area contributed by atoms with E-state index in [9.17, 15) is 4.79 Å². The van der Waals surface area contributed by atoms with Crippen LogP contribution in [0.2, 0.25) is 0 Å². The maximum atomic E-state index is 13.6. The first-order valence-electron chi connectivity index (χ1n) is 10.2. The van der Waals surface area contributed by atoms with Crippen LogP contribution in [0.4, 0.5) is 5.82 Å². The number of methoxy groups -OCH3 is 1. The molecular formula is C24H26N4O2. The Kier molecular flexibility index (Phi) is 5.93. The molecule has 0 spiro atoms. The van der Waals surface area contributed by atoms with Crippen molar-refractivity contribution >= 4 is 11.7 Å². The molecule has 1 saturated heterocycles. The van der Waals surface area contributed by atoms with E-state index in [1.807, 2.05) is 78.6 Å². The summed E-state index contributed by atoms with van der Waals surface area (Å²) in [6.45, 7) is 4.61. The number of carbonyl (C=O) groups excluding carboxylic acids is 1. The predicted octanol–water partition coefficient (Wildman–Crippen LogP) is 3.27. The number of nitrogens with zero attached hydrogens (tertiary/aromatic N) is 4. The average Bonchev–Trinajstić information content (AvgIpc) is 2.80. The lowest BCUT2D eigenvalue weighted by molar-refractivity contribution is -0.132. The number of aryl methyl sites for hydroxylation is 1. The van der Waals surface area contributed by atoms with E-state index in [0.717, 1.165) is 30.0 Å². The highest BCUT2D eigenvalue weighted by Crippen LogP contribution is 2.28. The Bertz CT molecular complexity index is 947. The zero-order chi connectivity index (χ0) is 20.9. The Morgan fingerprint density at radius 3 is 2.00 bits per heavy atom. The number of amides is 1. The molecule has 30 heavy (non-hydrogen) atoms. The minimum Gasteiger partial charge on any atom is -0.481 e. The summed E-state index contributed by atoms with van der Waals surface area (Å²) in [6.07, 6.45) is 0. The van der Waals surface area contributed by atoms with Crippen LogP contribution in [-0.2, 0) is 4.79 Å². The third-order valence-corrected chi connectivity index (χ3v) is 5.44. The van der Waals surface area contributed by atoms with Crippen molar-refractivity contribution in [3.05, 3.63) is 83.7 Å². The molecule has 1 fully saturated rings. The summed E-state index contributed by atoms with van der Waals surface area (Å²) in [5.41, 5.74) is 2.04. The van der Waals surface area contributed by atoms with Gasteiger partial charge in [0.05, 0.1) is 13.0 Å². The molecule has 2 heterocycles. The van der Waals surface area contributed by atoms with Crippen molar-refractivity contribution in [2.45, 2.75) is 12.8 Å². The largest absolute Gasteiger partial charge is 0.481 e. The molecule has 0 atom stereocenters. The molecule has 2 aromatic carbocycles. The van der Waals surface area contributed by atoms with Crippen molar-refractivity contribution in [2.24, 2.45) is 0 Å². The van der Waals surface area contributed by atoms with E-state index in [1.165, 1.54) is 0 Å². The number of hydrogen-bond donors (Lipinski definition) is 0. The second kappa shape index (κ2) is 8.95. The summed E-state index contributed by atoms with van der Waals surface area (Å²) in [4.78, 5) is 26.5. The number of carbonyl (C=O) groups is 1. The maximum Gasteiger partial charge on any atom is 0.234 e. The second-order valence-corrected chi connectivity index (χ2v) is 7.38. The van der Waals surface area contributed by atoms with Crippen molar-refractivity contribution in [1.82, 2.24) is 14.9 Å². The lowest BCUT2D eigenvalue weighted by Gasteiger charge is -2.37. The second-order valence-electron chi connectivity index (χ2n) is 7.38. The van der Waals surface area contributed by atoms with Crippen molar-refractivity contribution in [1.29, 1.82) is 0 Å². The van der Waals surface area contributed by atoms with E-state index < -0.39 is 0 Å². The molecule has 1 aromatic heterocycles. The monoisotopic (exact) mass is 402 g/mol. The standard InChI is InChI=1S/C24H26N4O2/c1-18-25-21(17-22(26-18)30-2)27-13-15-28(16-14-27)24(29)23(19-9-5-3-6-10-19)20-11-7-4-8-12-20/h3-12,17,23H,13-16H2,1-2H3. The summed E-state index contributed by atoms with van der Waals surface area (Å²) in [5, 5.41) is 0. The fraction of sp³-hybridized carbons (Fsp3) is 0.292. The molecule has 0 radical (unpaired) electrons. The van der Waals surface area contributed by atoms with Crippen LogP contribution >= 0.6 is 0 Å². The molecule has 0 bridgehead atoms. The average molecular weight is 402 g/mol. The molecule has 0 N–H and O–H groups in total. The summed E-state index contributed by atoms with van der Waals surface area (Å²) in [7, 11) is 1.61. The molecule has 1 aliphatic rings. The van der Waals surface area contributed by atoms with Gasteiger partial charge < -0.3 is 14.5 Å². The third kappa shape index (κ3) is 4.27. The van der Waals surface area contributed by atoms with E-state index in [1.54, 1.807) is 7.11 Å². The summed E-state index contributed by atoms with van der Waals surface area (Å²) >= 11 is 0. The molecule has 6 heteroatoms. The maximum absolute atomic E-state index is 13.6. The van der Waals surface area contributed by atoms with Crippen LogP contribution in [0, 0.1) is 6.92 Å². The smallest absolute Gasteiger partial charge is 0.234 e. The van der Waals surface area contributed by atoms with Gasteiger partial charge in [-0.1, -0.05) is 60.7 Å². The highest BCUT2D eigenvalue weighted by Gasteiger charge is 2.30. The Labute approximate surface area is 177 Å². The van der Waals surface area contributed by atoms with Gasteiger partial charge in [0.2, 0.25) is 11.8 Å². The van der Waals surface area contributed by atoms with Crippen LogP contribution in [0.3, 0.4) is 0 Å². The lowest BCUT2D eigenvalue weighted by Crippen LogP contribution is -2.50. The minimum atomic E-state index is -0.291. The predicted molar refractivity (Wildman–Crippen MR) is 117 cm³/mol. The molecule has 1 aliphatic heterocycles. The van der Waals surface area contributed by atoms with E-state index in [-0.39, 0.29) is 11.8 Å². The first-order valence-corrected chi connectivity index (χ1v) is 10.2. The van der Waals surface area contributed by atoms with Gasteiger partial charge in [0.25, 0.3) is 0 Å². The quantitative estimate of drug-likeness (QED) is 0.656. The van der Waals surface area contributed by atoms with E-state index in [0.29, 0.717) is 24.8 Å². The summed E-state index contributed by atoms with van der Waals surface area (Å²) in [5.74, 6) is 1.93. The van der Waals surface area contributed by atoms with Crippen LogP contribution in [-0.4, -0.2) is 54.1 Å². The van der Waals surface area contributed by atoms with E-state index in [4.69, 9.17) is 4.74 Å². The first kappa shape index (κ1) is 19.9. The Hall–Kier alpha value is -3.41. The summed E-state index contributed by atoms with van der Waals surface area (Å²) < 4.78 is 5.27. The molecule has 4 rings (SSSR count). The fourth-order valence-electron chi connectivity index (χ4n) is 3.90. The van der Waals surface area contributed by atoms with Crippen molar-refractivity contribution < 1.29 is 9.53 Å². The number of ether oxygens (including phenoxy) is 1. The van der Waals surface area contributed by atoms with Crippen LogP contribution in [0.5, 0.6) is 5.88 Å². The highest BCUT2D eigenvalue weighted by atomic mass is 16.5. The Morgan fingerprint density at radius 1 is 0.900 bits per heavy atom. The van der Waals surface area contributed by atoms with Gasteiger partial charge >= 0.3 is 0 Å². The number of anilines is 1. The topological polar surface area (TPSA) is 58.6 Å². The van der Waals surface area contributed by atoms with Gasteiger partial charge in [0, 0.05) is 32.2 Å².